The molecule has 0 amide bonds. The van der Waals surface area contributed by atoms with Crippen molar-refractivity contribution < 1.29 is 9.47 Å². The Bertz CT molecular complexity index is 599. The Kier molecular flexibility index (Phi) is 4.88. The molecule has 0 saturated carbocycles. The Morgan fingerprint density at radius 2 is 1.90 bits per heavy atom. The van der Waals surface area contributed by atoms with E-state index in [-0.39, 0.29) is 0 Å². The molecule has 4 heteroatoms. The van der Waals surface area contributed by atoms with Gasteiger partial charge in [-0.1, -0.05) is 29.8 Å². The lowest BCUT2D eigenvalue weighted by atomic mass is 10.1. The van der Waals surface area contributed by atoms with Crippen LogP contribution in [0.1, 0.15) is 16.7 Å². The van der Waals surface area contributed by atoms with Crippen LogP contribution >= 0.6 is 11.6 Å². The average molecular weight is 292 g/mol. The first-order valence-electron chi connectivity index (χ1n) is 6.39. The Morgan fingerprint density at radius 3 is 2.55 bits per heavy atom. The Labute approximate surface area is 124 Å². The highest BCUT2D eigenvalue weighted by molar-refractivity contribution is 6.31. The molecule has 0 aliphatic carbocycles. The van der Waals surface area contributed by atoms with E-state index in [1.165, 1.54) is 0 Å². The van der Waals surface area contributed by atoms with Crippen molar-refractivity contribution in [2.45, 2.75) is 20.1 Å². The van der Waals surface area contributed by atoms with Gasteiger partial charge in [0, 0.05) is 17.1 Å². The predicted molar refractivity (Wildman–Crippen MR) is 81.4 cm³/mol. The van der Waals surface area contributed by atoms with Gasteiger partial charge >= 0.3 is 0 Å². The van der Waals surface area contributed by atoms with Crippen LogP contribution in [0.3, 0.4) is 0 Å². The molecule has 0 aliphatic heterocycles. The van der Waals surface area contributed by atoms with Gasteiger partial charge in [-0.05, 0) is 36.2 Å². The molecule has 20 heavy (non-hydrogen) atoms. The highest BCUT2D eigenvalue weighted by Crippen LogP contribution is 2.29. The molecule has 3 nitrogen and oxygen atoms in total. The fourth-order valence-corrected chi connectivity index (χ4v) is 2.14. The zero-order chi connectivity index (χ0) is 14.5. The van der Waals surface area contributed by atoms with Crippen molar-refractivity contribution in [1.82, 2.24) is 0 Å². The second-order valence-corrected chi connectivity index (χ2v) is 4.98. The van der Waals surface area contributed by atoms with Gasteiger partial charge < -0.3 is 15.2 Å². The quantitative estimate of drug-likeness (QED) is 0.913. The molecule has 0 fully saturated rings. The van der Waals surface area contributed by atoms with Crippen molar-refractivity contribution in [2.75, 3.05) is 7.11 Å². The summed E-state index contributed by atoms with van der Waals surface area (Å²) >= 11 is 6.21. The fraction of sp³-hybridized carbons (Fsp3) is 0.250. The van der Waals surface area contributed by atoms with Crippen molar-refractivity contribution in [3.63, 3.8) is 0 Å². The van der Waals surface area contributed by atoms with Gasteiger partial charge in [0.15, 0.2) is 11.5 Å². The SMILES string of the molecule is COc1cc(C)ccc1OCc1ccc(CN)cc1Cl. The van der Waals surface area contributed by atoms with Crippen LogP contribution in [0.5, 0.6) is 11.5 Å². The summed E-state index contributed by atoms with van der Waals surface area (Å²) in [4.78, 5) is 0. The molecule has 0 radical (unpaired) electrons. The monoisotopic (exact) mass is 291 g/mol. The molecule has 0 spiro atoms. The molecule has 2 rings (SSSR count). The van der Waals surface area contributed by atoms with Crippen molar-refractivity contribution >= 4 is 11.6 Å². The number of hydrogen-bond acceptors (Lipinski definition) is 3. The number of ether oxygens (including phenoxy) is 2. The first-order chi connectivity index (χ1) is 9.63. The summed E-state index contributed by atoms with van der Waals surface area (Å²) < 4.78 is 11.1. The molecule has 2 N–H and O–H groups in total. The van der Waals surface area contributed by atoms with Gasteiger partial charge in [0.1, 0.15) is 6.61 Å². The summed E-state index contributed by atoms with van der Waals surface area (Å²) in [5.74, 6) is 1.43. The topological polar surface area (TPSA) is 44.5 Å². The maximum Gasteiger partial charge on any atom is 0.161 e. The molecule has 106 valence electrons. The van der Waals surface area contributed by atoms with Gasteiger partial charge in [-0.15, -0.1) is 0 Å². The molecule has 0 saturated heterocycles. The fourth-order valence-electron chi connectivity index (χ4n) is 1.88. The van der Waals surface area contributed by atoms with E-state index < -0.39 is 0 Å². The molecule has 2 aromatic carbocycles. The van der Waals surface area contributed by atoms with Gasteiger partial charge in [0.05, 0.1) is 7.11 Å². The van der Waals surface area contributed by atoms with E-state index in [1.54, 1.807) is 7.11 Å². The van der Waals surface area contributed by atoms with E-state index >= 15 is 0 Å². The Balaban J connectivity index is 2.12. The van der Waals surface area contributed by atoms with Gasteiger partial charge in [0.25, 0.3) is 0 Å². The van der Waals surface area contributed by atoms with Crippen LogP contribution < -0.4 is 15.2 Å². The van der Waals surface area contributed by atoms with Crippen LogP contribution in [-0.4, -0.2) is 7.11 Å². The summed E-state index contributed by atoms with van der Waals surface area (Å²) in [5, 5.41) is 0.666. The standard InChI is InChI=1S/C16H18ClNO2/c1-11-3-6-15(16(7-11)19-2)20-10-13-5-4-12(9-18)8-14(13)17/h3-8H,9-10,18H2,1-2H3. The molecule has 0 aromatic heterocycles. The maximum atomic E-state index is 6.21. The summed E-state index contributed by atoms with van der Waals surface area (Å²) in [6.45, 7) is 2.88. The third-order valence-corrected chi connectivity index (χ3v) is 3.41. The first-order valence-corrected chi connectivity index (χ1v) is 6.76. The smallest absolute Gasteiger partial charge is 0.161 e. The van der Waals surface area contributed by atoms with Crippen LogP contribution in [0, 0.1) is 6.92 Å². The Morgan fingerprint density at radius 1 is 1.10 bits per heavy atom. The molecule has 0 heterocycles. The van der Waals surface area contributed by atoms with Crippen LogP contribution in [0.4, 0.5) is 0 Å². The maximum absolute atomic E-state index is 6.21. The highest BCUT2D eigenvalue weighted by atomic mass is 35.5. The zero-order valence-corrected chi connectivity index (χ0v) is 12.4. The minimum absolute atomic E-state index is 0.392. The Hall–Kier alpha value is -1.71. The number of halogens is 1. The van der Waals surface area contributed by atoms with E-state index in [1.807, 2.05) is 43.3 Å². The first kappa shape index (κ1) is 14.7. The van der Waals surface area contributed by atoms with E-state index in [4.69, 9.17) is 26.8 Å². The summed E-state index contributed by atoms with van der Waals surface area (Å²) in [6, 6.07) is 11.6. The third kappa shape index (κ3) is 3.44. The number of aryl methyl sites for hydroxylation is 1. The van der Waals surface area contributed by atoms with Gasteiger partial charge in [-0.3, -0.25) is 0 Å². The van der Waals surface area contributed by atoms with Gasteiger partial charge in [0.2, 0.25) is 0 Å². The van der Waals surface area contributed by atoms with E-state index in [0.717, 1.165) is 22.4 Å². The second-order valence-electron chi connectivity index (χ2n) is 4.57. The van der Waals surface area contributed by atoms with Crippen molar-refractivity contribution in [3.8, 4) is 11.5 Å². The van der Waals surface area contributed by atoms with Gasteiger partial charge in [-0.2, -0.15) is 0 Å². The van der Waals surface area contributed by atoms with E-state index in [2.05, 4.69) is 0 Å². The van der Waals surface area contributed by atoms with E-state index in [9.17, 15) is 0 Å². The number of rotatable bonds is 5. The van der Waals surface area contributed by atoms with Gasteiger partial charge in [-0.25, -0.2) is 0 Å². The molecular weight excluding hydrogens is 274 g/mol. The second kappa shape index (κ2) is 6.64. The molecule has 0 bridgehead atoms. The minimum atomic E-state index is 0.392. The zero-order valence-electron chi connectivity index (χ0n) is 11.7. The largest absolute Gasteiger partial charge is 0.493 e. The van der Waals surface area contributed by atoms with Crippen LogP contribution in [0.25, 0.3) is 0 Å². The van der Waals surface area contributed by atoms with Crippen LogP contribution in [-0.2, 0) is 13.2 Å². The van der Waals surface area contributed by atoms with E-state index in [0.29, 0.717) is 23.9 Å². The number of methoxy groups -OCH3 is 1. The van der Waals surface area contributed by atoms with Crippen LogP contribution in [0.15, 0.2) is 36.4 Å². The lowest BCUT2D eigenvalue weighted by molar-refractivity contribution is 0.284. The minimum Gasteiger partial charge on any atom is -0.493 e. The van der Waals surface area contributed by atoms with Crippen molar-refractivity contribution in [3.05, 3.63) is 58.1 Å². The molecule has 2 aromatic rings. The molecule has 0 aliphatic rings. The van der Waals surface area contributed by atoms with Crippen molar-refractivity contribution in [1.29, 1.82) is 0 Å². The average Bonchev–Trinajstić information content (AvgIpc) is 2.46. The molecule has 0 atom stereocenters. The number of nitrogens with two attached hydrogens (primary N) is 1. The van der Waals surface area contributed by atoms with Crippen molar-refractivity contribution in [2.24, 2.45) is 5.73 Å². The summed E-state index contributed by atoms with van der Waals surface area (Å²) in [5.41, 5.74) is 8.63. The lowest BCUT2D eigenvalue weighted by Gasteiger charge is -2.12. The highest BCUT2D eigenvalue weighted by Gasteiger charge is 2.07. The normalized spacial score (nSPS) is 10.4. The third-order valence-electron chi connectivity index (χ3n) is 3.06. The molecular formula is C16H18ClNO2. The van der Waals surface area contributed by atoms with Crippen LogP contribution in [0.2, 0.25) is 5.02 Å². The lowest BCUT2D eigenvalue weighted by Crippen LogP contribution is -2.01. The summed E-state index contributed by atoms with van der Waals surface area (Å²) in [6.07, 6.45) is 0. The molecule has 0 unspecified atom stereocenters. The number of benzene rings is 2. The summed E-state index contributed by atoms with van der Waals surface area (Å²) in [7, 11) is 1.63. The number of hydrogen-bond donors (Lipinski definition) is 1. The predicted octanol–water partition coefficient (Wildman–Crippen LogP) is 3.69.